The summed E-state index contributed by atoms with van der Waals surface area (Å²) in [6.45, 7) is 0. The van der Waals surface area contributed by atoms with Crippen molar-refractivity contribution < 1.29 is 0 Å². The minimum atomic E-state index is 0.842. The van der Waals surface area contributed by atoms with Crippen LogP contribution in [0.3, 0.4) is 0 Å². The standard InChI is InChI=1S/C9H8BrN3/c1-13-6-8(5-12-13)7-2-3-11-9(10)4-7/h2-6H,1H3. The van der Waals surface area contributed by atoms with Crippen molar-refractivity contribution in [1.29, 1.82) is 0 Å². The Morgan fingerprint density at radius 2 is 2.23 bits per heavy atom. The third-order valence-electron chi connectivity index (χ3n) is 1.76. The fraction of sp³-hybridized carbons (Fsp3) is 0.111. The van der Waals surface area contributed by atoms with Crippen LogP contribution in [0.4, 0.5) is 0 Å². The Hall–Kier alpha value is -1.16. The smallest absolute Gasteiger partial charge is 0.106 e. The van der Waals surface area contributed by atoms with Crippen LogP contribution in [0.5, 0.6) is 0 Å². The Labute approximate surface area is 84.5 Å². The van der Waals surface area contributed by atoms with Crippen LogP contribution in [0.2, 0.25) is 0 Å². The SMILES string of the molecule is Cn1cc(-c2ccnc(Br)c2)cn1. The average molecular weight is 238 g/mol. The summed E-state index contributed by atoms with van der Waals surface area (Å²) in [5.41, 5.74) is 2.22. The molecule has 0 aliphatic rings. The molecule has 0 fully saturated rings. The van der Waals surface area contributed by atoms with E-state index in [-0.39, 0.29) is 0 Å². The maximum Gasteiger partial charge on any atom is 0.106 e. The summed E-state index contributed by atoms with van der Waals surface area (Å²) < 4.78 is 2.62. The largest absolute Gasteiger partial charge is 0.275 e. The summed E-state index contributed by atoms with van der Waals surface area (Å²) in [4.78, 5) is 4.06. The zero-order valence-corrected chi connectivity index (χ0v) is 8.69. The van der Waals surface area contributed by atoms with Gasteiger partial charge < -0.3 is 0 Å². The zero-order valence-electron chi connectivity index (χ0n) is 7.11. The molecule has 66 valence electrons. The molecule has 0 radical (unpaired) electrons. The average Bonchev–Trinajstić information content (AvgIpc) is 2.52. The second-order valence-corrected chi connectivity index (χ2v) is 3.58. The molecule has 0 saturated heterocycles. The lowest BCUT2D eigenvalue weighted by molar-refractivity contribution is 0.768. The van der Waals surface area contributed by atoms with Crippen molar-refractivity contribution in [3.8, 4) is 11.1 Å². The van der Waals surface area contributed by atoms with Gasteiger partial charge in [-0.15, -0.1) is 0 Å². The van der Waals surface area contributed by atoms with Gasteiger partial charge in [-0.25, -0.2) is 4.98 Å². The molecule has 0 saturated carbocycles. The molecule has 0 N–H and O–H groups in total. The molecule has 0 aliphatic carbocycles. The van der Waals surface area contributed by atoms with Crippen LogP contribution in [0, 0.1) is 0 Å². The fourth-order valence-corrected chi connectivity index (χ4v) is 1.52. The summed E-state index contributed by atoms with van der Waals surface area (Å²) in [7, 11) is 1.90. The van der Waals surface area contributed by atoms with E-state index in [1.165, 1.54) is 0 Å². The molecule has 0 bridgehead atoms. The van der Waals surface area contributed by atoms with Crippen LogP contribution >= 0.6 is 15.9 Å². The van der Waals surface area contributed by atoms with Gasteiger partial charge in [0.05, 0.1) is 6.20 Å². The fourth-order valence-electron chi connectivity index (χ4n) is 1.15. The first-order valence-corrected chi connectivity index (χ1v) is 4.65. The number of aryl methyl sites for hydroxylation is 1. The number of hydrogen-bond acceptors (Lipinski definition) is 2. The summed E-state index contributed by atoms with van der Waals surface area (Å²) in [5, 5.41) is 4.10. The van der Waals surface area contributed by atoms with Gasteiger partial charge in [-0.1, -0.05) is 0 Å². The highest BCUT2D eigenvalue weighted by Crippen LogP contribution is 2.20. The van der Waals surface area contributed by atoms with Crippen LogP contribution in [0.15, 0.2) is 35.3 Å². The number of hydrogen-bond donors (Lipinski definition) is 0. The first-order valence-electron chi connectivity index (χ1n) is 3.86. The third kappa shape index (κ3) is 1.78. The van der Waals surface area contributed by atoms with E-state index in [4.69, 9.17) is 0 Å². The molecule has 0 amide bonds. The van der Waals surface area contributed by atoms with Gasteiger partial charge in [0.25, 0.3) is 0 Å². The van der Waals surface area contributed by atoms with Gasteiger partial charge in [-0.05, 0) is 33.6 Å². The Kier molecular flexibility index (Phi) is 2.14. The summed E-state index contributed by atoms with van der Waals surface area (Å²) >= 11 is 3.33. The lowest BCUT2D eigenvalue weighted by Gasteiger charge is -1.95. The summed E-state index contributed by atoms with van der Waals surface area (Å²) in [6, 6.07) is 3.93. The normalized spacial score (nSPS) is 10.3. The van der Waals surface area contributed by atoms with Gasteiger partial charge >= 0.3 is 0 Å². The van der Waals surface area contributed by atoms with E-state index in [1.54, 1.807) is 10.9 Å². The van der Waals surface area contributed by atoms with Crippen molar-refractivity contribution in [1.82, 2.24) is 14.8 Å². The van der Waals surface area contributed by atoms with Crippen LogP contribution in [0.1, 0.15) is 0 Å². The van der Waals surface area contributed by atoms with Crippen molar-refractivity contribution in [2.24, 2.45) is 7.05 Å². The van der Waals surface area contributed by atoms with E-state index in [2.05, 4.69) is 26.0 Å². The number of pyridine rings is 1. The van der Waals surface area contributed by atoms with Gasteiger partial charge in [0.2, 0.25) is 0 Å². The number of aromatic nitrogens is 3. The highest BCUT2D eigenvalue weighted by atomic mass is 79.9. The molecule has 2 aromatic rings. The number of halogens is 1. The highest BCUT2D eigenvalue weighted by molar-refractivity contribution is 9.10. The second kappa shape index (κ2) is 3.30. The molecule has 3 nitrogen and oxygen atoms in total. The molecule has 4 heteroatoms. The molecule has 0 aromatic carbocycles. The van der Waals surface area contributed by atoms with E-state index in [0.717, 1.165) is 15.7 Å². The predicted octanol–water partition coefficient (Wildman–Crippen LogP) is 2.24. The van der Waals surface area contributed by atoms with Crippen molar-refractivity contribution in [2.45, 2.75) is 0 Å². The molecule has 0 atom stereocenters. The molecule has 13 heavy (non-hydrogen) atoms. The molecule has 0 aliphatic heterocycles. The summed E-state index contributed by atoms with van der Waals surface area (Å²) in [6.07, 6.45) is 5.58. The van der Waals surface area contributed by atoms with Crippen LogP contribution < -0.4 is 0 Å². The Morgan fingerprint density at radius 3 is 2.85 bits per heavy atom. The summed E-state index contributed by atoms with van der Waals surface area (Å²) in [5.74, 6) is 0. The molecule has 2 aromatic heterocycles. The molecular formula is C9H8BrN3. The highest BCUT2D eigenvalue weighted by Gasteiger charge is 2.00. The van der Waals surface area contributed by atoms with Crippen molar-refractivity contribution in [3.05, 3.63) is 35.3 Å². The van der Waals surface area contributed by atoms with Gasteiger partial charge in [-0.2, -0.15) is 5.10 Å². The molecular weight excluding hydrogens is 230 g/mol. The van der Waals surface area contributed by atoms with Gasteiger partial charge in [-0.3, -0.25) is 4.68 Å². The topological polar surface area (TPSA) is 30.7 Å². The Bertz CT molecular complexity index is 422. The van der Waals surface area contributed by atoms with Crippen molar-refractivity contribution in [2.75, 3.05) is 0 Å². The van der Waals surface area contributed by atoms with Gasteiger partial charge in [0.15, 0.2) is 0 Å². The molecule has 2 heterocycles. The number of nitrogens with zero attached hydrogens (tertiary/aromatic N) is 3. The van der Waals surface area contributed by atoms with Crippen molar-refractivity contribution in [3.63, 3.8) is 0 Å². The monoisotopic (exact) mass is 237 g/mol. The van der Waals surface area contributed by atoms with E-state index in [0.29, 0.717) is 0 Å². The van der Waals surface area contributed by atoms with Crippen molar-refractivity contribution >= 4 is 15.9 Å². The first kappa shape index (κ1) is 8.44. The molecule has 2 rings (SSSR count). The van der Waals surface area contributed by atoms with E-state index >= 15 is 0 Å². The predicted molar refractivity (Wildman–Crippen MR) is 54.1 cm³/mol. The quantitative estimate of drug-likeness (QED) is 0.713. The van der Waals surface area contributed by atoms with Gasteiger partial charge in [0.1, 0.15) is 4.60 Å². The van der Waals surface area contributed by atoms with E-state index < -0.39 is 0 Å². The van der Waals surface area contributed by atoms with Gasteiger partial charge in [0, 0.05) is 25.0 Å². The van der Waals surface area contributed by atoms with Crippen LogP contribution in [-0.4, -0.2) is 14.8 Å². The second-order valence-electron chi connectivity index (χ2n) is 2.77. The lowest BCUT2D eigenvalue weighted by Crippen LogP contribution is -1.84. The number of rotatable bonds is 1. The first-order chi connectivity index (χ1) is 6.25. The lowest BCUT2D eigenvalue weighted by atomic mass is 10.1. The van der Waals surface area contributed by atoms with E-state index in [1.807, 2.05) is 31.6 Å². The maximum atomic E-state index is 4.10. The minimum Gasteiger partial charge on any atom is -0.275 e. The maximum absolute atomic E-state index is 4.10. The van der Waals surface area contributed by atoms with E-state index in [9.17, 15) is 0 Å². The minimum absolute atomic E-state index is 0.842. The third-order valence-corrected chi connectivity index (χ3v) is 2.20. The van der Waals surface area contributed by atoms with Crippen LogP contribution in [0.25, 0.3) is 11.1 Å². The molecule has 0 spiro atoms. The zero-order chi connectivity index (χ0) is 9.26. The Morgan fingerprint density at radius 1 is 1.38 bits per heavy atom. The molecule has 0 unspecified atom stereocenters. The van der Waals surface area contributed by atoms with Crippen LogP contribution in [-0.2, 0) is 7.05 Å². The Balaban J connectivity index is 2.46.